The maximum Gasteiger partial charge on any atom is 0.208 e. The van der Waals surface area contributed by atoms with E-state index in [0.717, 1.165) is 74.4 Å². The van der Waals surface area contributed by atoms with Crippen molar-refractivity contribution in [2.24, 2.45) is 22.7 Å². The maximum absolute atomic E-state index is 5.74. The zero-order chi connectivity index (χ0) is 19.4. The van der Waals surface area contributed by atoms with E-state index in [2.05, 4.69) is 38.9 Å². The number of hydrogen-bond acceptors (Lipinski definition) is 4. The molecule has 3 heterocycles. The Hall–Kier alpha value is -1.56. The second kappa shape index (κ2) is 9.09. The predicted octanol–water partition coefficient (Wildman–Crippen LogP) is 3.06. The van der Waals surface area contributed by atoms with Crippen LogP contribution in [0.1, 0.15) is 50.5 Å². The summed E-state index contributed by atoms with van der Waals surface area (Å²) in [5.74, 6) is 5.09. The Morgan fingerprint density at radius 2 is 1.85 bits per heavy atom. The second-order valence-corrected chi connectivity index (χ2v) is 8.75. The molecule has 6 nitrogen and oxygen atoms in total. The number of nitrogens with zero attached hydrogens (tertiary/aromatic N) is 4. The number of piperidine rings is 2. The van der Waals surface area contributed by atoms with Gasteiger partial charge >= 0.3 is 0 Å². The number of oxazole rings is 1. The molecule has 2 saturated heterocycles. The molecule has 2 aliphatic heterocycles. The molecule has 1 aromatic heterocycles. The average molecular weight is 376 g/mol. The summed E-state index contributed by atoms with van der Waals surface area (Å²) in [7, 11) is 1.91. The first-order valence-electron chi connectivity index (χ1n) is 10.6. The van der Waals surface area contributed by atoms with Gasteiger partial charge < -0.3 is 14.6 Å². The van der Waals surface area contributed by atoms with Gasteiger partial charge in [0.25, 0.3) is 0 Å². The monoisotopic (exact) mass is 375 g/mol. The van der Waals surface area contributed by atoms with E-state index in [0.29, 0.717) is 5.92 Å². The Bertz CT molecular complexity index is 603. The molecule has 2 atom stereocenters. The Balaban J connectivity index is 1.42. The summed E-state index contributed by atoms with van der Waals surface area (Å²) in [6.07, 6.45) is 3.76. The molecule has 0 bridgehead atoms. The van der Waals surface area contributed by atoms with Gasteiger partial charge in [0, 0.05) is 26.7 Å². The summed E-state index contributed by atoms with van der Waals surface area (Å²) < 4.78 is 5.74. The van der Waals surface area contributed by atoms with Gasteiger partial charge in [0.15, 0.2) is 5.96 Å². The standard InChI is InChI=1S/C21H37N5O/c1-15-10-16(2)13-26(12-15)21(22-5)23-11-19-6-8-25(9-7-19)14-20-24-17(3)18(4)27-20/h15-16,19H,6-14H2,1-5H3,(H,22,23). The number of aryl methyl sites for hydroxylation is 2. The summed E-state index contributed by atoms with van der Waals surface area (Å²) in [6, 6.07) is 0. The summed E-state index contributed by atoms with van der Waals surface area (Å²) in [4.78, 5) is 14.0. The molecular weight excluding hydrogens is 338 g/mol. The molecule has 0 radical (unpaired) electrons. The summed E-state index contributed by atoms with van der Waals surface area (Å²) >= 11 is 0. The van der Waals surface area contributed by atoms with Gasteiger partial charge in [0.05, 0.1) is 12.2 Å². The second-order valence-electron chi connectivity index (χ2n) is 8.75. The van der Waals surface area contributed by atoms with Crippen molar-refractivity contribution < 1.29 is 4.42 Å². The number of likely N-dealkylation sites (tertiary alicyclic amines) is 2. The highest BCUT2D eigenvalue weighted by Crippen LogP contribution is 2.22. The molecule has 0 aromatic carbocycles. The number of rotatable bonds is 4. The van der Waals surface area contributed by atoms with Gasteiger partial charge in [-0.2, -0.15) is 0 Å². The van der Waals surface area contributed by atoms with Crippen molar-refractivity contribution in [3.63, 3.8) is 0 Å². The molecule has 0 aliphatic carbocycles. The van der Waals surface area contributed by atoms with E-state index in [-0.39, 0.29) is 0 Å². The van der Waals surface area contributed by atoms with Crippen LogP contribution in [0, 0.1) is 31.6 Å². The van der Waals surface area contributed by atoms with E-state index in [1.165, 1.54) is 19.3 Å². The number of guanidine groups is 1. The van der Waals surface area contributed by atoms with Crippen molar-refractivity contribution in [3.8, 4) is 0 Å². The van der Waals surface area contributed by atoms with Crippen LogP contribution in [0.2, 0.25) is 0 Å². The first-order chi connectivity index (χ1) is 12.9. The third-order valence-electron chi connectivity index (χ3n) is 6.07. The highest BCUT2D eigenvalue weighted by Gasteiger charge is 2.25. The molecule has 0 spiro atoms. The lowest BCUT2D eigenvalue weighted by molar-refractivity contribution is 0.162. The molecule has 152 valence electrons. The summed E-state index contributed by atoms with van der Waals surface area (Å²) in [6.45, 7) is 15.0. The fourth-order valence-electron chi connectivity index (χ4n) is 4.55. The van der Waals surface area contributed by atoms with Crippen LogP contribution < -0.4 is 5.32 Å². The van der Waals surface area contributed by atoms with Crippen LogP contribution >= 0.6 is 0 Å². The van der Waals surface area contributed by atoms with Crippen LogP contribution in [0.15, 0.2) is 9.41 Å². The van der Waals surface area contributed by atoms with Crippen LogP contribution in [0.25, 0.3) is 0 Å². The Morgan fingerprint density at radius 3 is 2.41 bits per heavy atom. The number of aromatic nitrogens is 1. The molecule has 0 amide bonds. The minimum Gasteiger partial charge on any atom is -0.444 e. The number of nitrogens with one attached hydrogen (secondary N) is 1. The first kappa shape index (κ1) is 20.2. The van der Waals surface area contributed by atoms with E-state index in [1.807, 2.05) is 20.9 Å². The molecule has 2 aliphatic rings. The van der Waals surface area contributed by atoms with Crippen molar-refractivity contribution in [2.75, 3.05) is 39.8 Å². The SMILES string of the molecule is CN=C(NCC1CCN(Cc2nc(C)c(C)o2)CC1)N1CC(C)CC(C)C1. The van der Waals surface area contributed by atoms with E-state index >= 15 is 0 Å². The van der Waals surface area contributed by atoms with E-state index in [1.54, 1.807) is 0 Å². The average Bonchev–Trinajstić information content (AvgIpc) is 2.93. The van der Waals surface area contributed by atoms with E-state index < -0.39 is 0 Å². The van der Waals surface area contributed by atoms with Crippen molar-refractivity contribution in [1.29, 1.82) is 0 Å². The fraction of sp³-hybridized carbons (Fsp3) is 0.810. The lowest BCUT2D eigenvalue weighted by Crippen LogP contribution is -2.50. The molecule has 6 heteroatoms. The smallest absolute Gasteiger partial charge is 0.208 e. The zero-order valence-electron chi connectivity index (χ0n) is 17.8. The molecule has 27 heavy (non-hydrogen) atoms. The largest absolute Gasteiger partial charge is 0.444 e. The third kappa shape index (κ3) is 5.47. The van der Waals surface area contributed by atoms with Gasteiger partial charge in [0.2, 0.25) is 5.89 Å². The highest BCUT2D eigenvalue weighted by molar-refractivity contribution is 5.80. The van der Waals surface area contributed by atoms with Gasteiger partial charge in [-0.15, -0.1) is 0 Å². The Labute approximate surface area is 164 Å². The number of aliphatic imine (C=N–C) groups is 1. The maximum atomic E-state index is 5.74. The van der Waals surface area contributed by atoms with Crippen molar-refractivity contribution in [1.82, 2.24) is 20.1 Å². The van der Waals surface area contributed by atoms with Gasteiger partial charge in [0.1, 0.15) is 5.76 Å². The lowest BCUT2D eigenvalue weighted by Gasteiger charge is -2.38. The van der Waals surface area contributed by atoms with Crippen LogP contribution in [0.3, 0.4) is 0 Å². The minimum atomic E-state index is 0.714. The normalized spacial score (nSPS) is 25.8. The third-order valence-corrected chi connectivity index (χ3v) is 6.07. The topological polar surface area (TPSA) is 56.9 Å². The van der Waals surface area contributed by atoms with Gasteiger partial charge in [-0.25, -0.2) is 4.98 Å². The minimum absolute atomic E-state index is 0.714. The predicted molar refractivity (Wildman–Crippen MR) is 110 cm³/mol. The van der Waals surface area contributed by atoms with E-state index in [4.69, 9.17) is 4.42 Å². The van der Waals surface area contributed by atoms with Gasteiger partial charge in [-0.05, 0) is 64.0 Å². The zero-order valence-corrected chi connectivity index (χ0v) is 17.8. The van der Waals surface area contributed by atoms with Crippen LogP contribution in [0.4, 0.5) is 0 Å². The summed E-state index contributed by atoms with van der Waals surface area (Å²) in [5.41, 5.74) is 1.01. The molecule has 2 fully saturated rings. The van der Waals surface area contributed by atoms with Crippen molar-refractivity contribution >= 4 is 5.96 Å². The van der Waals surface area contributed by atoms with Crippen LogP contribution in [-0.4, -0.2) is 60.5 Å². The highest BCUT2D eigenvalue weighted by atomic mass is 16.4. The molecule has 1 N–H and O–H groups in total. The molecule has 1 aromatic rings. The number of hydrogen-bond donors (Lipinski definition) is 1. The molecule has 3 rings (SSSR count). The quantitative estimate of drug-likeness (QED) is 0.647. The van der Waals surface area contributed by atoms with Crippen LogP contribution in [-0.2, 0) is 6.54 Å². The lowest BCUT2D eigenvalue weighted by atomic mass is 9.92. The Morgan fingerprint density at radius 1 is 1.19 bits per heavy atom. The van der Waals surface area contributed by atoms with E-state index in [9.17, 15) is 0 Å². The Kier molecular flexibility index (Phi) is 6.79. The van der Waals surface area contributed by atoms with Gasteiger partial charge in [-0.1, -0.05) is 13.8 Å². The van der Waals surface area contributed by atoms with Gasteiger partial charge in [-0.3, -0.25) is 9.89 Å². The molecular formula is C21H37N5O. The van der Waals surface area contributed by atoms with Crippen molar-refractivity contribution in [3.05, 3.63) is 17.3 Å². The molecule has 0 saturated carbocycles. The van der Waals surface area contributed by atoms with Crippen LogP contribution in [0.5, 0.6) is 0 Å². The summed E-state index contributed by atoms with van der Waals surface area (Å²) in [5, 5.41) is 3.65. The molecule has 2 unspecified atom stereocenters. The first-order valence-corrected chi connectivity index (χ1v) is 10.6. The fourth-order valence-corrected chi connectivity index (χ4v) is 4.55. The van der Waals surface area contributed by atoms with Crippen molar-refractivity contribution in [2.45, 2.75) is 53.5 Å².